The van der Waals surface area contributed by atoms with Gasteiger partial charge in [-0.1, -0.05) is 6.92 Å². The molecule has 0 bridgehead atoms. The van der Waals surface area contributed by atoms with Crippen molar-refractivity contribution in [2.24, 2.45) is 0 Å². The van der Waals surface area contributed by atoms with E-state index in [-0.39, 0.29) is 5.97 Å². The number of H-pyrrole nitrogens is 1. The largest absolute Gasteiger partial charge is 0.464 e. The minimum atomic E-state index is -0.292. The van der Waals surface area contributed by atoms with Gasteiger partial charge in [0.2, 0.25) is 0 Å². The molecule has 0 aliphatic carbocycles. The van der Waals surface area contributed by atoms with Crippen LogP contribution in [-0.2, 0) is 11.2 Å². The first kappa shape index (κ1) is 8.84. The number of aromatic nitrogens is 1. The molecule has 66 valence electrons. The topological polar surface area (TPSA) is 42.1 Å². The molecule has 0 amide bonds. The third-order valence-corrected chi connectivity index (χ3v) is 1.80. The monoisotopic (exact) mass is 167 g/mol. The number of methoxy groups -OCH3 is 1. The van der Waals surface area contributed by atoms with Crippen molar-refractivity contribution in [1.82, 2.24) is 4.98 Å². The normalized spacial score (nSPS) is 9.92. The molecule has 0 unspecified atom stereocenters. The van der Waals surface area contributed by atoms with Crippen molar-refractivity contribution in [3.8, 4) is 0 Å². The lowest BCUT2D eigenvalue weighted by molar-refractivity contribution is 0.0593. The van der Waals surface area contributed by atoms with Gasteiger partial charge in [-0.15, -0.1) is 0 Å². The van der Waals surface area contributed by atoms with Gasteiger partial charge in [-0.2, -0.15) is 0 Å². The molecule has 0 radical (unpaired) electrons. The van der Waals surface area contributed by atoms with Crippen molar-refractivity contribution in [2.75, 3.05) is 7.11 Å². The van der Waals surface area contributed by atoms with Crippen molar-refractivity contribution in [3.63, 3.8) is 0 Å². The Morgan fingerprint density at radius 2 is 2.33 bits per heavy atom. The number of aromatic amines is 1. The maximum Gasteiger partial charge on any atom is 0.354 e. The quantitative estimate of drug-likeness (QED) is 0.681. The summed E-state index contributed by atoms with van der Waals surface area (Å²) in [7, 11) is 1.39. The summed E-state index contributed by atoms with van der Waals surface area (Å²) >= 11 is 0. The van der Waals surface area contributed by atoms with E-state index in [1.807, 2.05) is 19.9 Å². The second kappa shape index (κ2) is 3.43. The van der Waals surface area contributed by atoms with Gasteiger partial charge in [0, 0.05) is 5.69 Å². The number of esters is 1. The van der Waals surface area contributed by atoms with E-state index in [9.17, 15) is 4.79 Å². The van der Waals surface area contributed by atoms with E-state index in [1.165, 1.54) is 7.11 Å². The van der Waals surface area contributed by atoms with E-state index in [1.54, 1.807) is 0 Å². The Bertz CT molecular complexity index is 289. The minimum absolute atomic E-state index is 0.292. The van der Waals surface area contributed by atoms with Crippen LogP contribution in [0.1, 0.15) is 28.7 Å². The Hall–Kier alpha value is -1.25. The molecule has 1 heterocycles. The van der Waals surface area contributed by atoms with Crippen molar-refractivity contribution >= 4 is 5.97 Å². The number of carbonyl (C=O) groups is 1. The van der Waals surface area contributed by atoms with Crippen LogP contribution in [0.4, 0.5) is 0 Å². The van der Waals surface area contributed by atoms with Crippen LogP contribution in [0.3, 0.4) is 0 Å². The lowest BCUT2D eigenvalue weighted by Crippen LogP contribution is -2.04. The summed E-state index contributed by atoms with van der Waals surface area (Å²) in [5, 5.41) is 0. The first-order valence-corrected chi connectivity index (χ1v) is 3.95. The lowest BCUT2D eigenvalue weighted by atomic mass is 10.2. The van der Waals surface area contributed by atoms with Gasteiger partial charge in [0.15, 0.2) is 0 Å². The molecule has 0 saturated carbocycles. The minimum Gasteiger partial charge on any atom is -0.464 e. The molecule has 0 aromatic carbocycles. The van der Waals surface area contributed by atoms with Crippen molar-refractivity contribution in [1.29, 1.82) is 0 Å². The Labute approximate surface area is 71.7 Å². The summed E-state index contributed by atoms with van der Waals surface area (Å²) in [6.07, 6.45) is 0.842. The maximum atomic E-state index is 11.2. The summed E-state index contributed by atoms with van der Waals surface area (Å²) in [5.41, 5.74) is 2.59. The second-order valence-electron chi connectivity index (χ2n) is 2.70. The van der Waals surface area contributed by atoms with Crippen molar-refractivity contribution < 1.29 is 9.53 Å². The van der Waals surface area contributed by atoms with Crippen LogP contribution in [0, 0.1) is 6.92 Å². The zero-order valence-electron chi connectivity index (χ0n) is 7.60. The summed E-state index contributed by atoms with van der Waals surface area (Å²) in [5.74, 6) is -0.292. The molecule has 0 spiro atoms. The van der Waals surface area contributed by atoms with Gasteiger partial charge < -0.3 is 9.72 Å². The summed E-state index contributed by atoms with van der Waals surface area (Å²) in [4.78, 5) is 14.1. The molecule has 1 aromatic rings. The average molecular weight is 167 g/mol. The van der Waals surface area contributed by atoms with Crippen LogP contribution < -0.4 is 0 Å². The molecule has 0 aliphatic rings. The van der Waals surface area contributed by atoms with Crippen LogP contribution in [0.5, 0.6) is 0 Å². The molecule has 0 aliphatic heterocycles. The number of carbonyl (C=O) groups excluding carboxylic acids is 1. The molecule has 12 heavy (non-hydrogen) atoms. The molecule has 0 saturated heterocycles. The van der Waals surface area contributed by atoms with Crippen LogP contribution in [-0.4, -0.2) is 18.1 Å². The Kier molecular flexibility index (Phi) is 2.53. The maximum absolute atomic E-state index is 11.2. The van der Waals surface area contributed by atoms with E-state index >= 15 is 0 Å². The molecule has 0 fully saturated rings. The van der Waals surface area contributed by atoms with Crippen LogP contribution in [0.2, 0.25) is 0 Å². The molecular formula is C9H13NO2. The van der Waals surface area contributed by atoms with Gasteiger partial charge in [0.25, 0.3) is 0 Å². The van der Waals surface area contributed by atoms with Crippen LogP contribution in [0.25, 0.3) is 0 Å². The fraction of sp³-hybridized carbons (Fsp3) is 0.444. The van der Waals surface area contributed by atoms with E-state index in [0.29, 0.717) is 5.69 Å². The summed E-state index contributed by atoms with van der Waals surface area (Å²) < 4.78 is 4.62. The second-order valence-corrected chi connectivity index (χ2v) is 2.70. The third-order valence-electron chi connectivity index (χ3n) is 1.80. The molecule has 1 N–H and O–H groups in total. The molecule has 1 aromatic heterocycles. The molecule has 3 nitrogen and oxygen atoms in total. The van der Waals surface area contributed by atoms with Gasteiger partial charge in [0.05, 0.1) is 7.11 Å². The highest BCUT2D eigenvalue weighted by Gasteiger charge is 2.12. The zero-order chi connectivity index (χ0) is 9.14. The predicted octanol–water partition coefficient (Wildman–Crippen LogP) is 1.67. The number of ether oxygens (including phenoxy) is 1. The standard InChI is InChI=1S/C9H13NO2/c1-4-7-5-6(2)10-8(7)9(11)12-3/h5,10H,4H2,1-3H3. The smallest absolute Gasteiger partial charge is 0.354 e. The molecule has 0 atom stereocenters. The van der Waals surface area contributed by atoms with E-state index in [0.717, 1.165) is 17.7 Å². The predicted molar refractivity (Wildman–Crippen MR) is 46.2 cm³/mol. The highest BCUT2D eigenvalue weighted by atomic mass is 16.5. The van der Waals surface area contributed by atoms with Gasteiger partial charge in [-0.3, -0.25) is 0 Å². The first-order chi connectivity index (χ1) is 5.69. The van der Waals surface area contributed by atoms with Gasteiger partial charge in [-0.25, -0.2) is 4.79 Å². The highest BCUT2D eigenvalue weighted by Crippen LogP contribution is 2.11. The Balaban J connectivity index is 3.04. The van der Waals surface area contributed by atoms with Crippen molar-refractivity contribution in [2.45, 2.75) is 20.3 Å². The Morgan fingerprint density at radius 3 is 2.83 bits per heavy atom. The SMILES string of the molecule is CCc1cc(C)[nH]c1C(=O)OC. The number of aryl methyl sites for hydroxylation is 2. The van der Waals surface area contributed by atoms with Gasteiger partial charge in [-0.05, 0) is 25.0 Å². The molecule has 3 heteroatoms. The molecular weight excluding hydrogens is 154 g/mol. The van der Waals surface area contributed by atoms with E-state index < -0.39 is 0 Å². The lowest BCUT2D eigenvalue weighted by Gasteiger charge is -1.97. The number of hydrogen-bond donors (Lipinski definition) is 1. The van der Waals surface area contributed by atoms with Crippen LogP contribution in [0.15, 0.2) is 6.07 Å². The van der Waals surface area contributed by atoms with E-state index in [2.05, 4.69) is 9.72 Å². The number of nitrogens with one attached hydrogen (secondary N) is 1. The van der Waals surface area contributed by atoms with Crippen molar-refractivity contribution in [3.05, 3.63) is 23.0 Å². The fourth-order valence-electron chi connectivity index (χ4n) is 1.21. The fourth-order valence-corrected chi connectivity index (χ4v) is 1.21. The van der Waals surface area contributed by atoms with Gasteiger partial charge >= 0.3 is 5.97 Å². The Morgan fingerprint density at radius 1 is 1.67 bits per heavy atom. The summed E-state index contributed by atoms with van der Waals surface area (Å²) in [6, 6.07) is 1.96. The first-order valence-electron chi connectivity index (χ1n) is 3.95. The zero-order valence-corrected chi connectivity index (χ0v) is 7.60. The van der Waals surface area contributed by atoms with E-state index in [4.69, 9.17) is 0 Å². The average Bonchev–Trinajstić information content (AvgIpc) is 2.45. The van der Waals surface area contributed by atoms with Gasteiger partial charge in [0.1, 0.15) is 5.69 Å². The highest BCUT2D eigenvalue weighted by molar-refractivity contribution is 5.89. The number of hydrogen-bond acceptors (Lipinski definition) is 2. The molecule has 1 rings (SSSR count). The third kappa shape index (κ3) is 1.49. The number of rotatable bonds is 2. The van der Waals surface area contributed by atoms with Crippen LogP contribution >= 0.6 is 0 Å². The summed E-state index contributed by atoms with van der Waals surface area (Å²) in [6.45, 7) is 3.93.